The monoisotopic (exact) mass is 639 g/mol. The average molecular weight is 641 g/mol. The molecule has 5 aromatic rings. The Morgan fingerprint density at radius 2 is 1.58 bits per heavy atom. The van der Waals surface area contributed by atoms with Crippen molar-refractivity contribution in [2.45, 2.75) is 33.1 Å². The van der Waals surface area contributed by atoms with E-state index in [1.54, 1.807) is 19.4 Å². The summed E-state index contributed by atoms with van der Waals surface area (Å²) < 4.78 is 12.7. The molecule has 0 saturated carbocycles. The molecule has 9 heteroatoms. The highest BCUT2D eigenvalue weighted by Crippen LogP contribution is 2.36. The highest BCUT2D eigenvalue weighted by molar-refractivity contribution is 9.10. The summed E-state index contributed by atoms with van der Waals surface area (Å²) in [6.07, 6.45) is 1.68. The van der Waals surface area contributed by atoms with E-state index in [4.69, 9.17) is 14.5 Å². The Bertz CT molecular complexity index is 1770. The van der Waals surface area contributed by atoms with E-state index in [-0.39, 0.29) is 11.4 Å². The Morgan fingerprint density at radius 3 is 2.30 bits per heavy atom. The number of nitrogens with zero attached hydrogens (tertiary/aromatic N) is 3. The molecule has 2 amide bonds. The van der Waals surface area contributed by atoms with Crippen LogP contribution in [0, 0.1) is 0 Å². The number of carbonyl (C=O) groups excluding carboxylic acids is 1. The van der Waals surface area contributed by atoms with Crippen molar-refractivity contribution in [3.8, 4) is 17.4 Å². The van der Waals surface area contributed by atoms with Crippen molar-refractivity contribution >= 4 is 55.7 Å². The number of hydrogen-bond acceptors (Lipinski definition) is 6. The Balaban J connectivity index is 1.39. The number of ether oxygens (including phenoxy) is 2. The number of rotatable bonds is 8. The Morgan fingerprint density at radius 1 is 0.884 bits per heavy atom. The lowest BCUT2D eigenvalue weighted by atomic mass is 9.87. The van der Waals surface area contributed by atoms with E-state index in [2.05, 4.69) is 52.3 Å². The van der Waals surface area contributed by atoms with Gasteiger partial charge in [0.1, 0.15) is 11.5 Å². The average Bonchev–Trinajstić information content (AvgIpc) is 2.99. The smallest absolute Gasteiger partial charge is 0.323 e. The van der Waals surface area contributed by atoms with Gasteiger partial charge in [0.15, 0.2) is 0 Å². The van der Waals surface area contributed by atoms with Crippen LogP contribution in [-0.4, -0.2) is 29.7 Å². The topological polar surface area (TPSA) is 88.6 Å². The molecule has 1 heterocycles. The molecule has 0 aliphatic heterocycles. The number of urea groups is 1. The van der Waals surface area contributed by atoms with Gasteiger partial charge in [-0.05, 0) is 70.2 Å². The molecule has 1 aromatic heterocycles. The van der Waals surface area contributed by atoms with Crippen LogP contribution >= 0.6 is 15.9 Å². The van der Waals surface area contributed by atoms with Crippen molar-refractivity contribution in [3.63, 3.8) is 0 Å². The van der Waals surface area contributed by atoms with Crippen LogP contribution in [0.15, 0.2) is 95.6 Å². The number of para-hydroxylation sites is 1. The molecule has 0 bridgehead atoms. The minimum absolute atomic E-state index is 0.0805. The molecule has 0 spiro atoms. The van der Waals surface area contributed by atoms with Gasteiger partial charge in [-0.3, -0.25) is 0 Å². The Hall–Kier alpha value is -4.63. The van der Waals surface area contributed by atoms with E-state index < -0.39 is 0 Å². The first-order chi connectivity index (χ1) is 20.7. The number of amides is 2. The molecule has 5 rings (SSSR count). The molecule has 0 aliphatic rings. The predicted octanol–water partition coefficient (Wildman–Crippen LogP) is 9.29. The fraction of sp³-hybridized carbons (Fsp3) is 0.206. The van der Waals surface area contributed by atoms with E-state index in [0.717, 1.165) is 26.5 Å². The first-order valence-electron chi connectivity index (χ1n) is 14.0. The van der Waals surface area contributed by atoms with Crippen LogP contribution in [0.5, 0.6) is 17.4 Å². The van der Waals surface area contributed by atoms with Crippen molar-refractivity contribution in [2.24, 2.45) is 0 Å². The summed E-state index contributed by atoms with van der Waals surface area (Å²) in [6.45, 7) is 9.09. The van der Waals surface area contributed by atoms with Gasteiger partial charge in [-0.25, -0.2) is 9.78 Å². The molecule has 43 heavy (non-hydrogen) atoms. The third kappa shape index (κ3) is 6.73. The summed E-state index contributed by atoms with van der Waals surface area (Å²) >= 11 is 3.63. The number of hydrogen-bond donors (Lipinski definition) is 2. The lowest BCUT2D eigenvalue weighted by molar-refractivity contribution is 0.262. The number of nitrogens with one attached hydrogen (secondary N) is 2. The fourth-order valence-electron chi connectivity index (χ4n) is 4.74. The van der Waals surface area contributed by atoms with Crippen molar-refractivity contribution < 1.29 is 14.3 Å². The minimum atomic E-state index is -0.379. The lowest BCUT2D eigenvalue weighted by Gasteiger charge is -2.22. The van der Waals surface area contributed by atoms with Gasteiger partial charge in [0, 0.05) is 34.1 Å². The first-order valence-corrected chi connectivity index (χ1v) is 14.8. The van der Waals surface area contributed by atoms with E-state index in [1.807, 2.05) is 90.7 Å². The van der Waals surface area contributed by atoms with E-state index in [1.165, 1.54) is 0 Å². The number of methoxy groups -OCH3 is 1. The predicted molar refractivity (Wildman–Crippen MR) is 177 cm³/mol. The summed E-state index contributed by atoms with van der Waals surface area (Å²) in [6, 6.07) is 26.5. The molecule has 8 nitrogen and oxygen atoms in total. The normalized spacial score (nSPS) is 11.2. The van der Waals surface area contributed by atoms with E-state index in [0.29, 0.717) is 41.2 Å². The van der Waals surface area contributed by atoms with Gasteiger partial charge in [-0.2, -0.15) is 4.98 Å². The quantitative estimate of drug-likeness (QED) is 0.176. The summed E-state index contributed by atoms with van der Waals surface area (Å²) in [4.78, 5) is 24.4. The van der Waals surface area contributed by atoms with Gasteiger partial charge in [0.05, 0.1) is 24.2 Å². The van der Waals surface area contributed by atoms with Crippen LogP contribution in [0.2, 0.25) is 0 Å². The number of anilines is 4. The standard InChI is InChI=1S/C34H34BrN5O3/c1-6-40(28-14-10-9-13-25(28)35)32-36-20-19-31(39-32)43-29-18-16-26(23-11-7-8-12-24(23)29)37-33(41)38-27-21-22(34(2,3)4)15-17-30(27)42-5/h7-21H,6H2,1-5H3,(H2,37,38,41). The zero-order valence-electron chi connectivity index (χ0n) is 24.8. The second-order valence-electron chi connectivity index (χ2n) is 10.9. The maximum Gasteiger partial charge on any atom is 0.323 e. The van der Waals surface area contributed by atoms with E-state index >= 15 is 0 Å². The third-order valence-corrected chi connectivity index (χ3v) is 7.65. The summed E-state index contributed by atoms with van der Waals surface area (Å²) in [5.74, 6) is 2.12. The van der Waals surface area contributed by atoms with Crippen LogP contribution in [0.3, 0.4) is 0 Å². The number of fused-ring (bicyclic) bond motifs is 1. The summed E-state index contributed by atoms with van der Waals surface area (Å²) in [5, 5.41) is 7.59. The molecule has 220 valence electrons. The van der Waals surface area contributed by atoms with Crippen LogP contribution in [0.4, 0.5) is 27.8 Å². The molecule has 0 unspecified atom stereocenters. The molecule has 0 radical (unpaired) electrons. The molecular formula is C34H34BrN5O3. The molecule has 0 atom stereocenters. The number of benzene rings is 4. The number of aromatic nitrogens is 2. The zero-order chi connectivity index (χ0) is 30.6. The molecule has 0 fully saturated rings. The van der Waals surface area contributed by atoms with Crippen LogP contribution in [0.25, 0.3) is 10.8 Å². The lowest BCUT2D eigenvalue weighted by Crippen LogP contribution is -2.21. The number of halogens is 1. The highest BCUT2D eigenvalue weighted by Gasteiger charge is 2.18. The second kappa shape index (κ2) is 12.7. The maximum absolute atomic E-state index is 13.2. The molecule has 0 saturated heterocycles. The Kier molecular flexibility index (Phi) is 8.82. The van der Waals surface area contributed by atoms with Crippen molar-refractivity contribution in [1.29, 1.82) is 0 Å². The summed E-state index contributed by atoms with van der Waals surface area (Å²) in [5.41, 5.74) is 3.20. The van der Waals surface area contributed by atoms with E-state index in [9.17, 15) is 4.79 Å². The second-order valence-corrected chi connectivity index (χ2v) is 11.7. The van der Waals surface area contributed by atoms with Gasteiger partial charge >= 0.3 is 6.03 Å². The third-order valence-electron chi connectivity index (χ3n) is 6.98. The minimum Gasteiger partial charge on any atom is -0.495 e. The molecule has 0 aliphatic carbocycles. The van der Waals surface area contributed by atoms with Crippen molar-refractivity contribution in [2.75, 3.05) is 29.2 Å². The molecule has 2 N–H and O–H groups in total. The number of carbonyl (C=O) groups is 1. The van der Waals surface area contributed by atoms with Crippen molar-refractivity contribution in [3.05, 3.63) is 101 Å². The first kappa shape index (κ1) is 29.8. The van der Waals surface area contributed by atoms with Crippen LogP contribution in [-0.2, 0) is 5.41 Å². The van der Waals surface area contributed by atoms with Gasteiger partial charge in [-0.1, -0.05) is 63.2 Å². The van der Waals surface area contributed by atoms with Crippen LogP contribution in [0.1, 0.15) is 33.3 Å². The zero-order valence-corrected chi connectivity index (χ0v) is 26.4. The van der Waals surface area contributed by atoms with Gasteiger partial charge in [0.2, 0.25) is 11.8 Å². The SMILES string of the molecule is CCN(c1nccc(Oc2ccc(NC(=O)Nc3cc(C(C)(C)C)ccc3OC)c3ccccc23)n1)c1ccccc1Br. The molecular weight excluding hydrogens is 606 g/mol. The highest BCUT2D eigenvalue weighted by atomic mass is 79.9. The Labute approximate surface area is 260 Å². The maximum atomic E-state index is 13.2. The van der Waals surface area contributed by atoms with Gasteiger partial charge < -0.3 is 25.0 Å². The summed E-state index contributed by atoms with van der Waals surface area (Å²) in [7, 11) is 1.59. The molecule has 4 aromatic carbocycles. The van der Waals surface area contributed by atoms with Gasteiger partial charge in [-0.15, -0.1) is 0 Å². The van der Waals surface area contributed by atoms with Crippen LogP contribution < -0.4 is 25.0 Å². The van der Waals surface area contributed by atoms with Crippen molar-refractivity contribution in [1.82, 2.24) is 9.97 Å². The largest absolute Gasteiger partial charge is 0.495 e. The van der Waals surface area contributed by atoms with Gasteiger partial charge in [0.25, 0.3) is 0 Å². The fourth-order valence-corrected chi connectivity index (χ4v) is 5.24.